The third-order valence-corrected chi connectivity index (χ3v) is 4.26. The van der Waals surface area contributed by atoms with E-state index >= 15 is 0 Å². The maximum absolute atomic E-state index is 11.8. The number of methoxy groups -OCH3 is 1. The molecule has 0 fully saturated rings. The molecule has 0 saturated carbocycles. The summed E-state index contributed by atoms with van der Waals surface area (Å²) >= 11 is 5.39. The van der Waals surface area contributed by atoms with Crippen molar-refractivity contribution in [2.24, 2.45) is 0 Å². The van der Waals surface area contributed by atoms with Crippen molar-refractivity contribution in [1.82, 2.24) is 4.98 Å². The van der Waals surface area contributed by atoms with Crippen LogP contribution in [0.1, 0.15) is 75.5 Å². The molecule has 2 rings (SSSR count). The first-order chi connectivity index (χ1) is 13.9. The van der Waals surface area contributed by atoms with Crippen LogP contribution < -0.4 is 0 Å². The second-order valence-corrected chi connectivity index (χ2v) is 5.56. The predicted molar refractivity (Wildman–Crippen MR) is 128 cm³/mol. The molecule has 2 aromatic rings. The third kappa shape index (κ3) is 7.17. The summed E-state index contributed by atoms with van der Waals surface area (Å²) < 4.78 is 5.01. The molecule has 1 heterocycles. The second kappa shape index (κ2) is 15.5. The quantitative estimate of drug-likeness (QED) is 0.398. The molecule has 5 heteroatoms. The molecule has 0 saturated heterocycles. The first-order valence-corrected chi connectivity index (χ1v) is 10.6. The molecular formula is C24H37NO3S. The van der Waals surface area contributed by atoms with Crippen molar-refractivity contribution >= 4 is 24.3 Å². The number of aromatic hydroxyl groups is 1. The minimum atomic E-state index is -0.652. The number of rotatable bonds is 4. The third-order valence-electron chi connectivity index (χ3n) is 3.81. The number of carbonyl (C=O) groups is 1. The molecule has 4 nitrogen and oxygen atoms in total. The van der Waals surface area contributed by atoms with Gasteiger partial charge >= 0.3 is 5.97 Å². The largest absolute Gasteiger partial charge is 0.494 e. The summed E-state index contributed by atoms with van der Waals surface area (Å²) in [5.74, 6) is -0.935. The smallest absolute Gasteiger partial charge is 0.344 e. The summed E-state index contributed by atoms with van der Waals surface area (Å²) in [5, 5.41) is 10.2. The Hall–Kier alpha value is -2.40. The predicted octanol–water partition coefficient (Wildman–Crippen LogP) is 7.50. The van der Waals surface area contributed by atoms with E-state index in [4.69, 9.17) is 17.0 Å². The first-order valence-electron chi connectivity index (χ1n) is 10.2. The SMILES string of the molecule is C=Cc1cc(-c2[nH]c(O)c(C(=O)OC)c(=S)c2CC)ccc1C.CC.CC.CC. The van der Waals surface area contributed by atoms with Crippen molar-refractivity contribution < 1.29 is 14.6 Å². The van der Waals surface area contributed by atoms with Gasteiger partial charge in [0.15, 0.2) is 0 Å². The van der Waals surface area contributed by atoms with E-state index in [-0.39, 0.29) is 11.4 Å². The lowest BCUT2D eigenvalue weighted by atomic mass is 9.98. The average molecular weight is 420 g/mol. The lowest BCUT2D eigenvalue weighted by molar-refractivity contribution is 0.0596. The van der Waals surface area contributed by atoms with Crippen molar-refractivity contribution in [1.29, 1.82) is 0 Å². The van der Waals surface area contributed by atoms with Crippen LogP contribution in [0.4, 0.5) is 0 Å². The second-order valence-electron chi connectivity index (χ2n) is 5.15. The number of aromatic amines is 1. The molecule has 0 aliphatic rings. The molecule has 0 aliphatic heterocycles. The molecular weight excluding hydrogens is 382 g/mol. The molecule has 0 radical (unpaired) electrons. The van der Waals surface area contributed by atoms with Crippen LogP contribution in [0.2, 0.25) is 0 Å². The van der Waals surface area contributed by atoms with Gasteiger partial charge in [-0.25, -0.2) is 4.79 Å². The van der Waals surface area contributed by atoms with Crippen molar-refractivity contribution in [3.05, 3.63) is 51.5 Å². The molecule has 0 amide bonds. The molecule has 2 N–H and O–H groups in total. The van der Waals surface area contributed by atoms with Crippen LogP contribution in [0.3, 0.4) is 0 Å². The highest BCUT2D eigenvalue weighted by molar-refractivity contribution is 7.71. The van der Waals surface area contributed by atoms with Crippen LogP contribution in [0.15, 0.2) is 24.8 Å². The molecule has 1 aromatic carbocycles. The number of esters is 1. The number of H-pyrrole nitrogens is 1. The van der Waals surface area contributed by atoms with Gasteiger partial charge in [0.2, 0.25) is 5.88 Å². The lowest BCUT2D eigenvalue weighted by Crippen LogP contribution is -2.07. The molecule has 0 atom stereocenters. The number of benzene rings is 1. The zero-order valence-corrected chi connectivity index (χ0v) is 20.2. The van der Waals surface area contributed by atoms with E-state index in [0.717, 1.165) is 22.3 Å². The maximum Gasteiger partial charge on any atom is 0.344 e. The summed E-state index contributed by atoms with van der Waals surface area (Å²) in [6.45, 7) is 19.8. The highest BCUT2D eigenvalue weighted by Gasteiger charge is 2.20. The Morgan fingerprint density at radius 2 is 1.76 bits per heavy atom. The van der Waals surface area contributed by atoms with Gasteiger partial charge in [-0.2, -0.15) is 0 Å². The van der Waals surface area contributed by atoms with Gasteiger partial charge in [0, 0.05) is 0 Å². The van der Waals surface area contributed by atoms with E-state index in [2.05, 4.69) is 11.6 Å². The zero-order valence-electron chi connectivity index (χ0n) is 19.4. The van der Waals surface area contributed by atoms with Gasteiger partial charge in [0.1, 0.15) is 5.56 Å². The van der Waals surface area contributed by atoms with E-state index in [9.17, 15) is 9.90 Å². The fourth-order valence-electron chi connectivity index (χ4n) is 2.52. The van der Waals surface area contributed by atoms with E-state index in [1.165, 1.54) is 7.11 Å². The monoisotopic (exact) mass is 419 g/mol. The number of pyridine rings is 1. The zero-order chi connectivity index (χ0) is 23.1. The van der Waals surface area contributed by atoms with Gasteiger partial charge in [0.25, 0.3) is 0 Å². The van der Waals surface area contributed by atoms with Crippen molar-refractivity contribution in [3.8, 4) is 17.1 Å². The Bertz CT molecular complexity index is 839. The molecule has 162 valence electrons. The van der Waals surface area contributed by atoms with Gasteiger partial charge in [0.05, 0.1) is 17.3 Å². The molecule has 0 spiro atoms. The summed E-state index contributed by atoms with van der Waals surface area (Å²) in [4.78, 5) is 14.7. The van der Waals surface area contributed by atoms with Crippen LogP contribution in [-0.4, -0.2) is 23.2 Å². The Morgan fingerprint density at radius 3 is 2.21 bits per heavy atom. The van der Waals surface area contributed by atoms with Crippen LogP contribution in [0, 0.1) is 11.4 Å². The van der Waals surface area contributed by atoms with Gasteiger partial charge < -0.3 is 14.8 Å². The Morgan fingerprint density at radius 1 is 1.21 bits per heavy atom. The molecule has 0 aliphatic carbocycles. The van der Waals surface area contributed by atoms with Gasteiger partial charge in [-0.15, -0.1) is 0 Å². The number of hydrogen-bond donors (Lipinski definition) is 2. The van der Waals surface area contributed by atoms with E-state index in [0.29, 0.717) is 16.6 Å². The average Bonchev–Trinajstić information content (AvgIpc) is 2.77. The Labute approximate surface area is 181 Å². The number of hydrogen-bond acceptors (Lipinski definition) is 4. The van der Waals surface area contributed by atoms with Crippen molar-refractivity contribution in [2.45, 2.75) is 61.8 Å². The topological polar surface area (TPSA) is 62.3 Å². The number of ether oxygens (including phenoxy) is 1. The minimum absolute atomic E-state index is 0.000782. The highest BCUT2D eigenvalue weighted by atomic mass is 32.1. The first kappa shape index (κ1) is 28.8. The summed E-state index contributed by atoms with van der Waals surface area (Å²) in [7, 11) is 1.26. The Kier molecular flexibility index (Phi) is 15.4. The van der Waals surface area contributed by atoms with Crippen LogP contribution in [-0.2, 0) is 11.2 Å². The van der Waals surface area contributed by atoms with Crippen LogP contribution in [0.5, 0.6) is 5.88 Å². The van der Waals surface area contributed by atoms with Gasteiger partial charge in [-0.05, 0) is 41.7 Å². The molecule has 1 aromatic heterocycles. The number of nitrogens with one attached hydrogen (secondary N) is 1. The number of carbonyl (C=O) groups excluding carboxylic acids is 1. The Balaban J connectivity index is 0. The molecule has 0 bridgehead atoms. The van der Waals surface area contributed by atoms with E-state index in [1.807, 2.05) is 73.6 Å². The van der Waals surface area contributed by atoms with E-state index < -0.39 is 5.97 Å². The summed E-state index contributed by atoms with van der Waals surface area (Å²) in [5.41, 5.74) is 4.47. The summed E-state index contributed by atoms with van der Waals surface area (Å²) in [6.07, 6.45) is 2.40. The van der Waals surface area contributed by atoms with Crippen molar-refractivity contribution in [3.63, 3.8) is 0 Å². The van der Waals surface area contributed by atoms with Crippen LogP contribution >= 0.6 is 12.2 Å². The fourth-order valence-corrected chi connectivity index (χ4v) is 2.95. The van der Waals surface area contributed by atoms with Gasteiger partial charge in [-0.1, -0.05) is 85.5 Å². The normalized spacial score (nSPS) is 8.86. The molecule has 29 heavy (non-hydrogen) atoms. The fraction of sp³-hybridized carbons (Fsp3) is 0.417. The standard InChI is InChI=1S/C18H19NO3S.3C2H6/c1-5-11-9-12(8-7-10(11)3)15-13(6-2)16(23)14(17(20)19-15)18(21)22-4;3*1-2/h5,7-9H,1,6H2,2-4H3,(H2,19,20,23);3*1-2H3. The van der Waals surface area contributed by atoms with Gasteiger partial charge in [-0.3, -0.25) is 0 Å². The van der Waals surface area contributed by atoms with Crippen molar-refractivity contribution in [2.75, 3.05) is 7.11 Å². The number of aromatic nitrogens is 1. The number of aryl methyl sites for hydroxylation is 1. The lowest BCUT2D eigenvalue weighted by Gasteiger charge is -2.14. The maximum atomic E-state index is 11.8. The summed E-state index contributed by atoms with van der Waals surface area (Å²) in [6, 6.07) is 5.90. The van der Waals surface area contributed by atoms with Crippen LogP contribution in [0.25, 0.3) is 17.3 Å². The van der Waals surface area contributed by atoms with E-state index in [1.54, 1.807) is 6.08 Å². The molecule has 0 unspecified atom stereocenters. The highest BCUT2D eigenvalue weighted by Crippen LogP contribution is 2.31. The minimum Gasteiger partial charge on any atom is -0.494 e.